The van der Waals surface area contributed by atoms with Crippen molar-refractivity contribution in [3.05, 3.63) is 17.5 Å². The summed E-state index contributed by atoms with van der Waals surface area (Å²) in [6.07, 6.45) is 0. The lowest BCUT2D eigenvalue weighted by molar-refractivity contribution is -0.131. The van der Waals surface area contributed by atoms with Gasteiger partial charge in [-0.2, -0.15) is 0 Å². The Morgan fingerprint density at radius 2 is 2.16 bits per heavy atom. The number of nitrogens with zero attached hydrogens (tertiary/aromatic N) is 3. The van der Waals surface area contributed by atoms with E-state index in [1.807, 2.05) is 19.9 Å². The molecule has 0 spiro atoms. The molecule has 108 valence electrons. The van der Waals surface area contributed by atoms with Crippen molar-refractivity contribution in [1.29, 1.82) is 0 Å². The predicted molar refractivity (Wildman–Crippen MR) is 71.6 cm³/mol. The van der Waals surface area contributed by atoms with E-state index in [4.69, 9.17) is 9.63 Å². The number of likely N-dealkylation sites (N-methyl/N-ethyl adjacent to an activating group) is 2. The van der Waals surface area contributed by atoms with Crippen molar-refractivity contribution in [3.8, 4) is 0 Å². The molecule has 0 aliphatic heterocycles. The Morgan fingerprint density at radius 3 is 2.68 bits per heavy atom. The number of amides is 1. The van der Waals surface area contributed by atoms with Crippen LogP contribution in [-0.4, -0.2) is 59.8 Å². The van der Waals surface area contributed by atoms with Crippen molar-refractivity contribution in [1.82, 2.24) is 15.0 Å². The van der Waals surface area contributed by atoms with Gasteiger partial charge in [0, 0.05) is 25.6 Å². The monoisotopic (exact) mass is 269 g/mol. The molecule has 1 amide bonds. The minimum absolute atomic E-state index is 0.00922. The summed E-state index contributed by atoms with van der Waals surface area (Å²) in [5.74, 6) is 1.11. The fourth-order valence-corrected chi connectivity index (χ4v) is 1.61. The Kier molecular flexibility index (Phi) is 5.98. The van der Waals surface area contributed by atoms with Crippen LogP contribution in [0.25, 0.3) is 0 Å². The van der Waals surface area contributed by atoms with Crippen LogP contribution in [0.4, 0.5) is 0 Å². The molecular formula is C13H23N3O3. The predicted octanol–water partition coefficient (Wildman–Crippen LogP) is 0.681. The van der Waals surface area contributed by atoms with Crippen LogP contribution in [-0.2, 0) is 11.3 Å². The van der Waals surface area contributed by atoms with Crippen molar-refractivity contribution in [2.45, 2.75) is 26.3 Å². The topological polar surface area (TPSA) is 69.8 Å². The molecule has 0 saturated carbocycles. The van der Waals surface area contributed by atoms with Gasteiger partial charge in [0.05, 0.1) is 19.7 Å². The Hall–Kier alpha value is -1.40. The third kappa shape index (κ3) is 5.00. The maximum absolute atomic E-state index is 11.9. The van der Waals surface area contributed by atoms with Crippen molar-refractivity contribution in [2.24, 2.45) is 0 Å². The Morgan fingerprint density at radius 1 is 1.47 bits per heavy atom. The first kappa shape index (κ1) is 15.7. The van der Waals surface area contributed by atoms with Gasteiger partial charge in [0.1, 0.15) is 11.5 Å². The van der Waals surface area contributed by atoms with E-state index in [0.717, 1.165) is 11.5 Å². The maximum atomic E-state index is 11.9. The number of aromatic nitrogens is 1. The van der Waals surface area contributed by atoms with Crippen LogP contribution in [0, 0.1) is 0 Å². The van der Waals surface area contributed by atoms with Gasteiger partial charge in [-0.3, -0.25) is 9.69 Å². The first-order chi connectivity index (χ1) is 8.93. The smallest absolute Gasteiger partial charge is 0.236 e. The molecule has 0 fully saturated rings. The number of hydrogen-bond acceptors (Lipinski definition) is 5. The van der Waals surface area contributed by atoms with E-state index in [1.54, 1.807) is 23.9 Å². The minimum atomic E-state index is -0.00922. The number of hydrogen-bond donors (Lipinski definition) is 1. The summed E-state index contributed by atoms with van der Waals surface area (Å²) >= 11 is 0. The molecule has 19 heavy (non-hydrogen) atoms. The SMILES string of the molecule is CC(C)c1cc(CN(C)C(=O)CN(C)CCO)no1. The zero-order chi connectivity index (χ0) is 14.4. The molecule has 1 aromatic heterocycles. The summed E-state index contributed by atoms with van der Waals surface area (Å²) in [5, 5.41) is 12.7. The van der Waals surface area contributed by atoms with Gasteiger partial charge in [0.15, 0.2) is 0 Å². The molecule has 0 atom stereocenters. The molecule has 0 saturated heterocycles. The highest BCUT2D eigenvalue weighted by molar-refractivity contribution is 5.77. The number of aliphatic hydroxyl groups excluding tert-OH is 1. The molecule has 0 aliphatic rings. The fraction of sp³-hybridized carbons (Fsp3) is 0.692. The van der Waals surface area contributed by atoms with E-state index < -0.39 is 0 Å². The molecule has 6 nitrogen and oxygen atoms in total. The van der Waals surface area contributed by atoms with Gasteiger partial charge >= 0.3 is 0 Å². The molecular weight excluding hydrogens is 246 g/mol. The van der Waals surface area contributed by atoms with E-state index in [0.29, 0.717) is 13.1 Å². The zero-order valence-corrected chi connectivity index (χ0v) is 12.1. The highest BCUT2D eigenvalue weighted by Crippen LogP contribution is 2.15. The Balaban J connectivity index is 2.48. The highest BCUT2D eigenvalue weighted by Gasteiger charge is 2.14. The van der Waals surface area contributed by atoms with Gasteiger partial charge in [0.25, 0.3) is 0 Å². The Labute approximate surface area is 114 Å². The molecule has 0 aliphatic carbocycles. The lowest BCUT2D eigenvalue weighted by atomic mass is 10.1. The molecule has 1 heterocycles. The molecule has 0 aromatic carbocycles. The van der Waals surface area contributed by atoms with Crippen LogP contribution in [0.2, 0.25) is 0 Å². The van der Waals surface area contributed by atoms with Gasteiger partial charge in [-0.15, -0.1) is 0 Å². The number of aliphatic hydroxyl groups is 1. The number of carbonyl (C=O) groups is 1. The van der Waals surface area contributed by atoms with Crippen LogP contribution < -0.4 is 0 Å². The summed E-state index contributed by atoms with van der Waals surface area (Å²) in [4.78, 5) is 15.3. The molecule has 1 N–H and O–H groups in total. The van der Waals surface area contributed by atoms with E-state index in [2.05, 4.69) is 5.16 Å². The summed E-state index contributed by atoms with van der Waals surface area (Å²) in [6, 6.07) is 1.88. The maximum Gasteiger partial charge on any atom is 0.236 e. The average molecular weight is 269 g/mol. The van der Waals surface area contributed by atoms with Crippen molar-refractivity contribution >= 4 is 5.91 Å². The summed E-state index contributed by atoms with van der Waals surface area (Å²) in [7, 11) is 3.54. The first-order valence-electron chi connectivity index (χ1n) is 6.43. The second-order valence-corrected chi connectivity index (χ2v) is 5.09. The van der Waals surface area contributed by atoms with E-state index >= 15 is 0 Å². The lowest BCUT2D eigenvalue weighted by Gasteiger charge is -2.20. The molecule has 0 radical (unpaired) electrons. The summed E-state index contributed by atoms with van der Waals surface area (Å²) in [5.41, 5.74) is 0.754. The quantitative estimate of drug-likeness (QED) is 0.788. The molecule has 1 rings (SSSR count). The molecule has 1 aromatic rings. The average Bonchev–Trinajstić information content (AvgIpc) is 2.77. The van der Waals surface area contributed by atoms with Gasteiger partial charge in [-0.25, -0.2) is 0 Å². The van der Waals surface area contributed by atoms with Crippen molar-refractivity contribution in [3.63, 3.8) is 0 Å². The third-order valence-electron chi connectivity index (χ3n) is 2.86. The number of rotatable bonds is 7. The summed E-state index contributed by atoms with van der Waals surface area (Å²) < 4.78 is 5.19. The van der Waals surface area contributed by atoms with Crippen LogP contribution >= 0.6 is 0 Å². The van der Waals surface area contributed by atoms with Gasteiger partial charge in [0.2, 0.25) is 5.91 Å². The van der Waals surface area contributed by atoms with E-state index in [9.17, 15) is 4.79 Å². The first-order valence-corrected chi connectivity index (χ1v) is 6.43. The van der Waals surface area contributed by atoms with E-state index in [-0.39, 0.29) is 25.0 Å². The van der Waals surface area contributed by atoms with Gasteiger partial charge < -0.3 is 14.5 Å². The molecule has 0 unspecified atom stereocenters. The number of carbonyl (C=O) groups excluding carboxylic acids is 1. The van der Waals surface area contributed by atoms with Gasteiger partial charge in [-0.05, 0) is 7.05 Å². The lowest BCUT2D eigenvalue weighted by Crippen LogP contribution is -2.37. The van der Waals surface area contributed by atoms with Crippen LogP contribution in [0.1, 0.15) is 31.2 Å². The van der Waals surface area contributed by atoms with Crippen molar-refractivity contribution < 1.29 is 14.4 Å². The van der Waals surface area contributed by atoms with E-state index in [1.165, 1.54) is 0 Å². The zero-order valence-electron chi connectivity index (χ0n) is 12.1. The second-order valence-electron chi connectivity index (χ2n) is 5.09. The minimum Gasteiger partial charge on any atom is -0.395 e. The largest absolute Gasteiger partial charge is 0.395 e. The Bertz CT molecular complexity index is 404. The molecule has 0 bridgehead atoms. The van der Waals surface area contributed by atoms with Crippen LogP contribution in [0.5, 0.6) is 0 Å². The third-order valence-corrected chi connectivity index (χ3v) is 2.86. The standard InChI is InChI=1S/C13H23N3O3/c1-10(2)12-7-11(14-19-12)8-16(4)13(18)9-15(3)5-6-17/h7,10,17H,5-6,8-9H2,1-4H3. The highest BCUT2D eigenvalue weighted by atomic mass is 16.5. The van der Waals surface area contributed by atoms with Crippen LogP contribution in [0.3, 0.4) is 0 Å². The van der Waals surface area contributed by atoms with Gasteiger partial charge in [-0.1, -0.05) is 19.0 Å². The fourth-order valence-electron chi connectivity index (χ4n) is 1.61. The molecule has 6 heteroatoms. The summed E-state index contributed by atoms with van der Waals surface area (Å²) in [6.45, 7) is 5.32. The normalized spacial score (nSPS) is 11.3. The second kappa shape index (κ2) is 7.25. The van der Waals surface area contributed by atoms with Crippen LogP contribution in [0.15, 0.2) is 10.6 Å². The van der Waals surface area contributed by atoms with Crippen molar-refractivity contribution in [2.75, 3.05) is 33.8 Å².